The average Bonchev–Trinajstić information content (AvgIpc) is 2.28. The molecule has 2 aliphatic heterocycles. The third kappa shape index (κ3) is 3.45. The molecule has 0 aliphatic carbocycles. The minimum absolute atomic E-state index is 0.712. The fourth-order valence-corrected chi connectivity index (χ4v) is 3.75. The van der Waals surface area contributed by atoms with Gasteiger partial charge in [-0.15, -0.1) is 0 Å². The van der Waals surface area contributed by atoms with Crippen LogP contribution in [0.5, 0.6) is 0 Å². The van der Waals surface area contributed by atoms with E-state index >= 15 is 0 Å². The molecule has 2 heteroatoms. The van der Waals surface area contributed by atoms with Crippen LogP contribution in [-0.2, 0) is 0 Å². The summed E-state index contributed by atoms with van der Waals surface area (Å²) in [5, 5.41) is 3.88. The van der Waals surface area contributed by atoms with Crippen LogP contribution < -0.4 is 5.32 Å². The van der Waals surface area contributed by atoms with Crippen LogP contribution in [0.3, 0.4) is 0 Å². The maximum atomic E-state index is 3.88. The number of rotatable bonds is 5. The van der Waals surface area contributed by atoms with E-state index in [1.807, 2.05) is 0 Å². The van der Waals surface area contributed by atoms with Crippen molar-refractivity contribution in [2.75, 3.05) is 7.05 Å². The van der Waals surface area contributed by atoms with Gasteiger partial charge in [-0.25, -0.2) is 0 Å². The summed E-state index contributed by atoms with van der Waals surface area (Å²) in [6.07, 6.45) is 11.1. The summed E-state index contributed by atoms with van der Waals surface area (Å²) in [4.78, 5) is 2.65. The highest BCUT2D eigenvalue weighted by Gasteiger charge is 2.35. The van der Waals surface area contributed by atoms with E-state index in [-0.39, 0.29) is 0 Å². The van der Waals surface area contributed by atoms with Crippen molar-refractivity contribution in [3.8, 4) is 0 Å². The van der Waals surface area contributed by atoms with Gasteiger partial charge in [-0.05, 0) is 46.1 Å². The first-order chi connectivity index (χ1) is 8.20. The first-order valence-electron chi connectivity index (χ1n) is 7.68. The molecule has 2 rings (SSSR count). The molecule has 2 bridgehead atoms. The van der Waals surface area contributed by atoms with Crippen LogP contribution in [0.2, 0.25) is 0 Å². The van der Waals surface area contributed by atoms with Gasteiger partial charge in [0.15, 0.2) is 0 Å². The highest BCUT2D eigenvalue weighted by atomic mass is 15.2. The van der Waals surface area contributed by atoms with E-state index in [2.05, 4.69) is 31.1 Å². The molecule has 0 spiro atoms. The Morgan fingerprint density at radius 1 is 1.24 bits per heavy atom. The molecule has 2 fully saturated rings. The topological polar surface area (TPSA) is 15.3 Å². The lowest BCUT2D eigenvalue weighted by Crippen LogP contribution is -2.55. The second-order valence-corrected chi connectivity index (χ2v) is 6.28. The quantitative estimate of drug-likeness (QED) is 0.791. The van der Waals surface area contributed by atoms with Gasteiger partial charge in [-0.2, -0.15) is 0 Å². The molecule has 0 aromatic carbocycles. The summed E-state index contributed by atoms with van der Waals surface area (Å²) in [6.45, 7) is 4.65. The Hall–Kier alpha value is -0.0800. The van der Waals surface area contributed by atoms with Crippen molar-refractivity contribution in [3.05, 3.63) is 0 Å². The fourth-order valence-electron chi connectivity index (χ4n) is 3.75. The second-order valence-electron chi connectivity index (χ2n) is 6.28. The molecule has 0 aromatic heterocycles. The number of unbranched alkanes of at least 4 members (excludes halogenated alkanes) is 1. The number of nitrogens with one attached hydrogen (secondary N) is 1. The standard InChI is InChI=1S/C15H30N2/c1-4-5-7-12(2)16-13-10-14-8-6-9-15(11-13)17(14)3/h12-16H,4-11H2,1-3H3. The van der Waals surface area contributed by atoms with Gasteiger partial charge in [0.1, 0.15) is 0 Å². The molecule has 0 saturated carbocycles. The van der Waals surface area contributed by atoms with Gasteiger partial charge in [0.25, 0.3) is 0 Å². The molecule has 2 nitrogen and oxygen atoms in total. The number of hydrogen-bond donors (Lipinski definition) is 1. The van der Waals surface area contributed by atoms with E-state index in [9.17, 15) is 0 Å². The molecular formula is C15H30N2. The minimum Gasteiger partial charge on any atom is -0.311 e. The van der Waals surface area contributed by atoms with E-state index in [4.69, 9.17) is 0 Å². The summed E-state index contributed by atoms with van der Waals surface area (Å²) in [5.41, 5.74) is 0. The zero-order valence-corrected chi connectivity index (χ0v) is 11.9. The highest BCUT2D eigenvalue weighted by molar-refractivity contribution is 4.94. The Kier molecular flexibility index (Phi) is 4.87. The Morgan fingerprint density at radius 3 is 2.47 bits per heavy atom. The monoisotopic (exact) mass is 238 g/mol. The van der Waals surface area contributed by atoms with Gasteiger partial charge >= 0.3 is 0 Å². The van der Waals surface area contributed by atoms with Crippen LogP contribution >= 0.6 is 0 Å². The summed E-state index contributed by atoms with van der Waals surface area (Å²) in [7, 11) is 2.34. The van der Waals surface area contributed by atoms with Crippen LogP contribution in [0.15, 0.2) is 0 Å². The third-order valence-electron chi connectivity index (χ3n) is 4.85. The minimum atomic E-state index is 0.712. The molecule has 100 valence electrons. The Balaban J connectivity index is 1.79. The maximum absolute atomic E-state index is 3.88. The zero-order valence-electron chi connectivity index (χ0n) is 11.9. The van der Waals surface area contributed by atoms with Crippen molar-refractivity contribution >= 4 is 0 Å². The van der Waals surface area contributed by atoms with Crippen molar-refractivity contribution in [2.45, 2.75) is 89.4 Å². The van der Waals surface area contributed by atoms with Crippen LogP contribution in [0, 0.1) is 0 Å². The summed E-state index contributed by atoms with van der Waals surface area (Å²) >= 11 is 0. The van der Waals surface area contributed by atoms with E-state index in [0.29, 0.717) is 6.04 Å². The van der Waals surface area contributed by atoms with Crippen LogP contribution in [0.25, 0.3) is 0 Å². The summed E-state index contributed by atoms with van der Waals surface area (Å²) < 4.78 is 0. The van der Waals surface area contributed by atoms with Crippen LogP contribution in [0.4, 0.5) is 0 Å². The lowest BCUT2D eigenvalue weighted by Gasteiger charge is -2.47. The molecule has 2 heterocycles. The SMILES string of the molecule is CCCCC(C)NC1CC2CCCC(C1)N2C. The molecule has 1 N–H and O–H groups in total. The maximum Gasteiger partial charge on any atom is 0.0110 e. The van der Waals surface area contributed by atoms with Crippen molar-refractivity contribution in [1.82, 2.24) is 10.2 Å². The largest absolute Gasteiger partial charge is 0.311 e. The van der Waals surface area contributed by atoms with Gasteiger partial charge in [0.2, 0.25) is 0 Å². The van der Waals surface area contributed by atoms with E-state index in [1.165, 1.54) is 51.4 Å². The third-order valence-corrected chi connectivity index (χ3v) is 4.85. The summed E-state index contributed by atoms with van der Waals surface area (Å²) in [5.74, 6) is 0. The zero-order chi connectivity index (χ0) is 12.3. The first kappa shape index (κ1) is 13.4. The van der Waals surface area contributed by atoms with E-state index in [0.717, 1.165) is 18.1 Å². The Bertz CT molecular complexity index is 215. The fraction of sp³-hybridized carbons (Fsp3) is 1.00. The summed E-state index contributed by atoms with van der Waals surface area (Å²) in [6, 6.07) is 3.22. The molecule has 0 amide bonds. The molecule has 3 atom stereocenters. The molecule has 17 heavy (non-hydrogen) atoms. The Labute approximate surface area is 107 Å². The number of piperidine rings is 2. The predicted molar refractivity (Wildman–Crippen MR) is 74.3 cm³/mol. The number of nitrogens with zero attached hydrogens (tertiary/aromatic N) is 1. The van der Waals surface area contributed by atoms with Gasteiger partial charge < -0.3 is 10.2 Å². The van der Waals surface area contributed by atoms with Gasteiger partial charge in [-0.3, -0.25) is 0 Å². The van der Waals surface area contributed by atoms with Crippen molar-refractivity contribution < 1.29 is 0 Å². The normalized spacial score (nSPS) is 35.8. The lowest BCUT2D eigenvalue weighted by molar-refractivity contribution is 0.0460. The van der Waals surface area contributed by atoms with Gasteiger partial charge in [-0.1, -0.05) is 26.2 Å². The average molecular weight is 238 g/mol. The van der Waals surface area contributed by atoms with E-state index in [1.54, 1.807) is 0 Å². The van der Waals surface area contributed by atoms with Crippen molar-refractivity contribution in [1.29, 1.82) is 0 Å². The lowest BCUT2D eigenvalue weighted by atomic mass is 9.82. The van der Waals surface area contributed by atoms with E-state index < -0.39 is 0 Å². The molecule has 3 unspecified atom stereocenters. The number of fused-ring (bicyclic) bond motifs is 2. The van der Waals surface area contributed by atoms with Gasteiger partial charge in [0.05, 0.1) is 0 Å². The van der Waals surface area contributed by atoms with Crippen molar-refractivity contribution in [2.24, 2.45) is 0 Å². The highest BCUT2D eigenvalue weighted by Crippen LogP contribution is 2.32. The molecule has 0 aromatic rings. The Morgan fingerprint density at radius 2 is 1.88 bits per heavy atom. The smallest absolute Gasteiger partial charge is 0.0110 e. The number of hydrogen-bond acceptors (Lipinski definition) is 2. The molecule has 0 radical (unpaired) electrons. The molecule has 2 saturated heterocycles. The molecule has 2 aliphatic rings. The second kappa shape index (κ2) is 6.19. The van der Waals surface area contributed by atoms with Crippen LogP contribution in [-0.4, -0.2) is 36.1 Å². The first-order valence-corrected chi connectivity index (χ1v) is 7.68. The molecular weight excluding hydrogens is 208 g/mol. The van der Waals surface area contributed by atoms with Crippen LogP contribution in [0.1, 0.15) is 65.2 Å². The van der Waals surface area contributed by atoms with Crippen molar-refractivity contribution in [3.63, 3.8) is 0 Å². The van der Waals surface area contributed by atoms with Gasteiger partial charge in [0, 0.05) is 24.2 Å². The predicted octanol–water partition coefficient (Wildman–Crippen LogP) is 3.17.